The molecule has 4 nitrogen and oxygen atoms in total. The molecule has 1 aromatic carbocycles. The molecular weight excluding hydrogens is 248 g/mol. The molecule has 3 aromatic rings. The van der Waals surface area contributed by atoms with Gasteiger partial charge in [-0.3, -0.25) is 9.67 Å². The Hall–Kier alpha value is -2.36. The first-order valence-corrected chi connectivity index (χ1v) is 6.87. The highest BCUT2D eigenvalue weighted by molar-refractivity contribution is 5.94. The number of rotatable bonds is 3. The van der Waals surface area contributed by atoms with Gasteiger partial charge >= 0.3 is 0 Å². The van der Waals surface area contributed by atoms with Crippen molar-refractivity contribution in [1.29, 1.82) is 0 Å². The summed E-state index contributed by atoms with van der Waals surface area (Å²) < 4.78 is 1.76. The molecule has 0 bridgehead atoms. The molecule has 0 fully saturated rings. The van der Waals surface area contributed by atoms with Gasteiger partial charge in [0.05, 0.1) is 11.2 Å². The van der Waals surface area contributed by atoms with Gasteiger partial charge in [0.1, 0.15) is 5.82 Å². The Kier molecular flexibility index (Phi) is 3.14. The van der Waals surface area contributed by atoms with E-state index >= 15 is 0 Å². The van der Waals surface area contributed by atoms with Crippen molar-refractivity contribution in [3.8, 4) is 11.3 Å². The van der Waals surface area contributed by atoms with E-state index in [1.54, 1.807) is 4.68 Å². The number of hydrogen-bond donors (Lipinski definition) is 1. The fraction of sp³-hybridized carbons (Fsp3) is 0.250. The topological polar surface area (TPSA) is 56.7 Å². The molecular formula is C16H18N4. The smallest absolute Gasteiger partial charge is 0.125 e. The SMILES string of the molecule is CCCc1c(-c2cccc3ncccc23)nn(C)c1N. The number of nitrogens with zero attached hydrogens (tertiary/aromatic N) is 3. The molecule has 2 aromatic heterocycles. The summed E-state index contributed by atoms with van der Waals surface area (Å²) in [5.41, 5.74) is 10.4. The number of benzene rings is 1. The van der Waals surface area contributed by atoms with Crippen molar-refractivity contribution in [3.05, 3.63) is 42.1 Å². The Morgan fingerprint density at radius 1 is 1.20 bits per heavy atom. The van der Waals surface area contributed by atoms with E-state index in [4.69, 9.17) is 5.73 Å². The van der Waals surface area contributed by atoms with E-state index in [2.05, 4.69) is 29.1 Å². The van der Waals surface area contributed by atoms with Crippen LogP contribution in [0.4, 0.5) is 5.82 Å². The third-order valence-corrected chi connectivity index (χ3v) is 3.59. The number of anilines is 1. The van der Waals surface area contributed by atoms with Gasteiger partial charge < -0.3 is 5.73 Å². The molecule has 3 rings (SSSR count). The van der Waals surface area contributed by atoms with Crippen molar-refractivity contribution in [3.63, 3.8) is 0 Å². The first-order valence-electron chi connectivity index (χ1n) is 6.87. The average molecular weight is 266 g/mol. The number of nitrogen functional groups attached to an aromatic ring is 1. The van der Waals surface area contributed by atoms with Crippen molar-refractivity contribution in [2.75, 3.05) is 5.73 Å². The summed E-state index contributed by atoms with van der Waals surface area (Å²) in [5.74, 6) is 0.753. The highest BCUT2D eigenvalue weighted by Gasteiger charge is 2.16. The van der Waals surface area contributed by atoms with Crippen LogP contribution in [0.3, 0.4) is 0 Å². The quantitative estimate of drug-likeness (QED) is 0.792. The fourth-order valence-electron chi connectivity index (χ4n) is 2.60. The molecule has 2 N–H and O–H groups in total. The molecule has 0 atom stereocenters. The molecule has 0 unspecified atom stereocenters. The Morgan fingerprint density at radius 3 is 2.85 bits per heavy atom. The Morgan fingerprint density at radius 2 is 2.05 bits per heavy atom. The third kappa shape index (κ3) is 1.93. The number of aromatic nitrogens is 3. The van der Waals surface area contributed by atoms with Gasteiger partial charge in [0.2, 0.25) is 0 Å². The van der Waals surface area contributed by atoms with Crippen LogP contribution < -0.4 is 5.73 Å². The Bertz CT molecular complexity index is 753. The number of nitrogens with two attached hydrogens (primary N) is 1. The van der Waals surface area contributed by atoms with E-state index < -0.39 is 0 Å². The molecule has 20 heavy (non-hydrogen) atoms. The molecule has 4 heteroatoms. The summed E-state index contributed by atoms with van der Waals surface area (Å²) in [5, 5.41) is 5.73. The first kappa shape index (κ1) is 12.7. The summed E-state index contributed by atoms with van der Waals surface area (Å²) in [6.07, 6.45) is 3.80. The van der Waals surface area contributed by atoms with Gasteiger partial charge in [-0.25, -0.2) is 0 Å². The van der Waals surface area contributed by atoms with Gasteiger partial charge in [0.25, 0.3) is 0 Å². The molecule has 0 aliphatic rings. The summed E-state index contributed by atoms with van der Waals surface area (Å²) in [4.78, 5) is 4.41. The maximum atomic E-state index is 6.16. The van der Waals surface area contributed by atoms with Crippen molar-refractivity contribution in [1.82, 2.24) is 14.8 Å². The molecule has 0 amide bonds. The predicted molar refractivity (Wildman–Crippen MR) is 82.4 cm³/mol. The standard InChI is InChI=1S/C16H18N4/c1-3-6-13-15(19-20(2)16(13)17)12-7-4-9-14-11(12)8-5-10-18-14/h4-5,7-10H,3,6,17H2,1-2H3. The van der Waals surface area contributed by atoms with Gasteiger partial charge in [-0.05, 0) is 18.6 Å². The van der Waals surface area contributed by atoms with Crippen LogP contribution in [-0.4, -0.2) is 14.8 Å². The highest BCUT2D eigenvalue weighted by Crippen LogP contribution is 2.32. The number of aryl methyl sites for hydroxylation is 1. The van der Waals surface area contributed by atoms with Crippen molar-refractivity contribution in [2.24, 2.45) is 7.05 Å². The molecule has 0 saturated carbocycles. The lowest BCUT2D eigenvalue weighted by atomic mass is 10.0. The zero-order chi connectivity index (χ0) is 14.1. The van der Waals surface area contributed by atoms with Crippen molar-refractivity contribution < 1.29 is 0 Å². The van der Waals surface area contributed by atoms with Crippen LogP contribution in [0, 0.1) is 0 Å². The van der Waals surface area contributed by atoms with E-state index in [1.165, 1.54) is 0 Å². The lowest BCUT2D eigenvalue weighted by Crippen LogP contribution is -1.99. The monoisotopic (exact) mass is 266 g/mol. The van der Waals surface area contributed by atoms with Crippen LogP contribution in [0.1, 0.15) is 18.9 Å². The zero-order valence-corrected chi connectivity index (χ0v) is 11.8. The van der Waals surface area contributed by atoms with E-state index in [9.17, 15) is 0 Å². The fourth-order valence-corrected chi connectivity index (χ4v) is 2.60. The molecule has 2 heterocycles. The molecule has 0 saturated heterocycles. The maximum Gasteiger partial charge on any atom is 0.125 e. The maximum absolute atomic E-state index is 6.16. The van der Waals surface area contributed by atoms with Crippen LogP contribution in [-0.2, 0) is 13.5 Å². The van der Waals surface area contributed by atoms with Crippen molar-refractivity contribution in [2.45, 2.75) is 19.8 Å². The van der Waals surface area contributed by atoms with Crippen LogP contribution in [0.5, 0.6) is 0 Å². The minimum absolute atomic E-state index is 0.753. The second-order valence-electron chi connectivity index (χ2n) is 4.96. The first-order chi connectivity index (χ1) is 9.72. The Labute approximate surface area is 118 Å². The highest BCUT2D eigenvalue weighted by atomic mass is 15.3. The molecule has 0 radical (unpaired) electrons. The number of hydrogen-bond acceptors (Lipinski definition) is 3. The van der Waals surface area contributed by atoms with Gasteiger partial charge in [-0.2, -0.15) is 5.10 Å². The largest absolute Gasteiger partial charge is 0.384 e. The summed E-state index contributed by atoms with van der Waals surface area (Å²) in [6, 6.07) is 10.2. The van der Waals surface area contributed by atoms with E-state index in [-0.39, 0.29) is 0 Å². The van der Waals surface area contributed by atoms with E-state index in [0.717, 1.165) is 46.4 Å². The zero-order valence-electron chi connectivity index (χ0n) is 11.8. The molecule has 102 valence electrons. The van der Waals surface area contributed by atoms with Crippen LogP contribution in [0.15, 0.2) is 36.5 Å². The lowest BCUT2D eigenvalue weighted by molar-refractivity contribution is 0.781. The molecule has 0 aliphatic carbocycles. The van der Waals surface area contributed by atoms with Gasteiger partial charge in [-0.15, -0.1) is 0 Å². The molecule has 0 aliphatic heterocycles. The van der Waals surface area contributed by atoms with Crippen molar-refractivity contribution >= 4 is 16.7 Å². The number of fused-ring (bicyclic) bond motifs is 1. The second-order valence-corrected chi connectivity index (χ2v) is 4.96. The van der Waals surface area contributed by atoms with Gasteiger partial charge in [0.15, 0.2) is 0 Å². The van der Waals surface area contributed by atoms with Crippen LogP contribution in [0.25, 0.3) is 22.2 Å². The summed E-state index contributed by atoms with van der Waals surface area (Å²) in [6.45, 7) is 2.15. The van der Waals surface area contributed by atoms with Crippen LogP contribution in [0.2, 0.25) is 0 Å². The minimum atomic E-state index is 0.753. The van der Waals surface area contributed by atoms with Gasteiger partial charge in [-0.1, -0.05) is 31.5 Å². The minimum Gasteiger partial charge on any atom is -0.384 e. The lowest BCUT2D eigenvalue weighted by Gasteiger charge is -2.06. The third-order valence-electron chi connectivity index (χ3n) is 3.59. The number of pyridine rings is 1. The Balaban J connectivity index is 2.28. The molecule has 0 spiro atoms. The summed E-state index contributed by atoms with van der Waals surface area (Å²) in [7, 11) is 1.89. The normalized spacial score (nSPS) is 11.1. The average Bonchev–Trinajstić information content (AvgIpc) is 2.75. The van der Waals surface area contributed by atoms with Gasteiger partial charge in [0, 0.05) is 29.8 Å². The second kappa shape index (κ2) is 4.96. The predicted octanol–water partition coefficient (Wildman–Crippen LogP) is 3.17. The van der Waals surface area contributed by atoms with E-state index in [1.807, 2.05) is 31.4 Å². The van der Waals surface area contributed by atoms with E-state index in [0.29, 0.717) is 0 Å². The van der Waals surface area contributed by atoms with Crippen LogP contribution >= 0.6 is 0 Å². The summed E-state index contributed by atoms with van der Waals surface area (Å²) >= 11 is 0.